The van der Waals surface area contributed by atoms with Crippen molar-refractivity contribution in [2.75, 3.05) is 6.61 Å². The summed E-state index contributed by atoms with van der Waals surface area (Å²) in [5, 5.41) is 3.06. The maximum absolute atomic E-state index is 11.9. The van der Waals surface area contributed by atoms with E-state index in [1.165, 1.54) is 0 Å². The number of esters is 1. The van der Waals surface area contributed by atoms with Gasteiger partial charge in [-0.25, -0.2) is 4.79 Å². The lowest BCUT2D eigenvalue weighted by Gasteiger charge is -2.22. The summed E-state index contributed by atoms with van der Waals surface area (Å²) in [4.78, 5) is 23.0. The topological polar surface area (TPSA) is 83.4 Å². The van der Waals surface area contributed by atoms with Crippen LogP contribution < -0.4 is 0 Å². The molecule has 0 aromatic heterocycles. The van der Waals surface area contributed by atoms with E-state index in [4.69, 9.17) is 18.9 Å². The molecule has 0 N–H and O–H groups in total. The van der Waals surface area contributed by atoms with E-state index in [-0.39, 0.29) is 6.61 Å². The van der Waals surface area contributed by atoms with Crippen LogP contribution in [0.15, 0.2) is 35.5 Å². The van der Waals surface area contributed by atoms with Crippen LogP contribution in [-0.2, 0) is 18.9 Å². The van der Waals surface area contributed by atoms with E-state index >= 15 is 0 Å². The third kappa shape index (κ3) is 2.87. The van der Waals surface area contributed by atoms with Crippen molar-refractivity contribution in [2.45, 2.75) is 44.2 Å². The molecule has 0 spiro atoms. The van der Waals surface area contributed by atoms with Crippen LogP contribution in [0.3, 0.4) is 0 Å². The van der Waals surface area contributed by atoms with Gasteiger partial charge in [0.2, 0.25) is 0 Å². The Bertz CT molecular complexity index is 560. The first-order chi connectivity index (χ1) is 10.5. The third-order valence-corrected chi connectivity index (χ3v) is 3.62. The van der Waals surface area contributed by atoms with Crippen LogP contribution in [-0.4, -0.2) is 42.9 Å². The van der Waals surface area contributed by atoms with E-state index in [9.17, 15) is 9.70 Å². The van der Waals surface area contributed by atoms with Crippen molar-refractivity contribution in [1.82, 2.24) is 0 Å². The Morgan fingerprint density at radius 2 is 2.00 bits per heavy atom. The molecule has 7 heteroatoms. The normalized spacial score (nSPS) is 32.5. The molecule has 118 valence electrons. The van der Waals surface area contributed by atoms with Crippen LogP contribution in [0.25, 0.3) is 0 Å². The number of nitroso groups, excluding NO2 is 1. The Kier molecular flexibility index (Phi) is 3.94. The molecule has 2 fully saturated rings. The minimum absolute atomic E-state index is 0.0791. The number of carbonyl (C=O) groups is 1. The average Bonchev–Trinajstić information content (AvgIpc) is 2.96. The zero-order valence-corrected chi connectivity index (χ0v) is 12.3. The van der Waals surface area contributed by atoms with Gasteiger partial charge in [-0.1, -0.05) is 23.4 Å². The fourth-order valence-corrected chi connectivity index (χ4v) is 2.64. The van der Waals surface area contributed by atoms with E-state index in [0.717, 1.165) is 0 Å². The quantitative estimate of drug-likeness (QED) is 0.623. The van der Waals surface area contributed by atoms with Crippen molar-refractivity contribution in [2.24, 2.45) is 5.18 Å². The molecule has 1 aromatic rings. The first-order valence-corrected chi connectivity index (χ1v) is 7.06. The van der Waals surface area contributed by atoms with Crippen LogP contribution in [0.1, 0.15) is 24.2 Å². The van der Waals surface area contributed by atoms with Crippen molar-refractivity contribution in [3.8, 4) is 0 Å². The molecular formula is C15H17NO6. The van der Waals surface area contributed by atoms with Crippen molar-refractivity contribution in [1.29, 1.82) is 0 Å². The molecule has 7 nitrogen and oxygen atoms in total. The number of fused-ring (bicyclic) bond motifs is 1. The van der Waals surface area contributed by atoms with Crippen molar-refractivity contribution in [3.63, 3.8) is 0 Å². The first kappa shape index (κ1) is 15.1. The Morgan fingerprint density at radius 3 is 2.68 bits per heavy atom. The molecule has 0 amide bonds. The summed E-state index contributed by atoms with van der Waals surface area (Å²) >= 11 is 0. The van der Waals surface area contributed by atoms with Crippen LogP contribution in [0, 0.1) is 4.91 Å². The van der Waals surface area contributed by atoms with E-state index in [1.54, 1.807) is 44.2 Å². The number of hydrogen-bond donors (Lipinski definition) is 0. The monoisotopic (exact) mass is 307 g/mol. The van der Waals surface area contributed by atoms with Gasteiger partial charge in [-0.3, -0.25) is 0 Å². The highest BCUT2D eigenvalue weighted by molar-refractivity contribution is 5.89. The Morgan fingerprint density at radius 1 is 1.27 bits per heavy atom. The maximum atomic E-state index is 11.9. The number of carbonyl (C=O) groups excluding carboxylic acids is 1. The van der Waals surface area contributed by atoms with E-state index in [1.807, 2.05) is 0 Å². The molecular weight excluding hydrogens is 290 g/mol. The Labute approximate surface area is 127 Å². The lowest BCUT2D eigenvalue weighted by atomic mass is 10.1. The molecule has 2 aliphatic rings. The Balaban J connectivity index is 1.60. The van der Waals surface area contributed by atoms with Gasteiger partial charge in [0, 0.05) is 0 Å². The lowest BCUT2D eigenvalue weighted by molar-refractivity contribution is -0.209. The van der Waals surface area contributed by atoms with Crippen LogP contribution in [0.5, 0.6) is 0 Å². The number of hydrogen-bond acceptors (Lipinski definition) is 7. The van der Waals surface area contributed by atoms with E-state index in [2.05, 4.69) is 5.18 Å². The van der Waals surface area contributed by atoms with Gasteiger partial charge < -0.3 is 18.9 Å². The second-order valence-corrected chi connectivity index (χ2v) is 5.70. The Hall–Kier alpha value is -1.83. The molecule has 0 aliphatic carbocycles. The SMILES string of the molecule is CC1(C)OC2C(N=O)[C@@H](COC(=O)c3ccccc3)O[C@H]2O1. The summed E-state index contributed by atoms with van der Waals surface area (Å²) in [6.45, 7) is 3.40. The molecule has 3 rings (SSSR count). The van der Waals surface area contributed by atoms with Gasteiger partial charge in [-0.15, -0.1) is 0 Å². The third-order valence-electron chi connectivity index (χ3n) is 3.62. The van der Waals surface area contributed by atoms with Crippen LogP contribution in [0.2, 0.25) is 0 Å². The second-order valence-electron chi connectivity index (χ2n) is 5.70. The first-order valence-electron chi connectivity index (χ1n) is 7.06. The minimum Gasteiger partial charge on any atom is -0.459 e. The van der Waals surface area contributed by atoms with E-state index in [0.29, 0.717) is 5.56 Å². The molecule has 2 unspecified atom stereocenters. The second kappa shape index (κ2) is 5.75. The predicted octanol–water partition coefficient (Wildman–Crippen LogP) is 1.85. The van der Waals surface area contributed by atoms with Crippen LogP contribution >= 0.6 is 0 Å². The van der Waals surface area contributed by atoms with Gasteiger partial charge in [0.15, 0.2) is 18.1 Å². The van der Waals surface area contributed by atoms with Gasteiger partial charge in [0.05, 0.1) is 5.56 Å². The summed E-state index contributed by atoms with van der Waals surface area (Å²) in [6.07, 6.45) is -1.91. The number of ether oxygens (including phenoxy) is 4. The number of benzene rings is 1. The summed E-state index contributed by atoms with van der Waals surface area (Å²) in [7, 11) is 0. The van der Waals surface area contributed by atoms with Crippen molar-refractivity contribution >= 4 is 5.97 Å². The molecule has 2 aliphatic heterocycles. The minimum atomic E-state index is -0.816. The smallest absolute Gasteiger partial charge is 0.338 e. The number of nitrogens with zero attached hydrogens (tertiary/aromatic N) is 1. The maximum Gasteiger partial charge on any atom is 0.338 e. The predicted molar refractivity (Wildman–Crippen MR) is 75.0 cm³/mol. The molecule has 0 bridgehead atoms. The van der Waals surface area contributed by atoms with Gasteiger partial charge in [-0.2, -0.15) is 4.91 Å². The molecule has 2 saturated heterocycles. The van der Waals surface area contributed by atoms with E-state index < -0.39 is 36.3 Å². The summed E-state index contributed by atoms with van der Waals surface area (Å²) in [5.41, 5.74) is 0.435. The van der Waals surface area contributed by atoms with Gasteiger partial charge in [0.1, 0.15) is 18.8 Å². The lowest BCUT2D eigenvalue weighted by Crippen LogP contribution is -2.35. The molecule has 0 saturated carbocycles. The van der Waals surface area contributed by atoms with Crippen molar-refractivity contribution < 1.29 is 23.7 Å². The fourth-order valence-electron chi connectivity index (χ4n) is 2.64. The van der Waals surface area contributed by atoms with Gasteiger partial charge in [-0.05, 0) is 26.0 Å². The average molecular weight is 307 g/mol. The zero-order valence-electron chi connectivity index (χ0n) is 12.3. The fraction of sp³-hybridized carbons (Fsp3) is 0.533. The largest absolute Gasteiger partial charge is 0.459 e. The summed E-state index contributed by atoms with van der Waals surface area (Å²) < 4.78 is 21.9. The molecule has 2 heterocycles. The zero-order chi connectivity index (χ0) is 15.7. The van der Waals surface area contributed by atoms with Crippen LogP contribution in [0.4, 0.5) is 0 Å². The molecule has 1 aromatic carbocycles. The highest BCUT2D eigenvalue weighted by Gasteiger charge is 2.56. The summed E-state index contributed by atoms with van der Waals surface area (Å²) in [5.74, 6) is -1.29. The highest BCUT2D eigenvalue weighted by Crippen LogP contribution is 2.38. The summed E-state index contributed by atoms with van der Waals surface area (Å²) in [6, 6.07) is 7.82. The van der Waals surface area contributed by atoms with Gasteiger partial charge >= 0.3 is 5.97 Å². The molecule has 4 atom stereocenters. The molecule has 22 heavy (non-hydrogen) atoms. The van der Waals surface area contributed by atoms with Crippen molar-refractivity contribution in [3.05, 3.63) is 40.8 Å². The molecule has 0 radical (unpaired) electrons. The standard InChI is InChI=1S/C15H17NO6/c1-15(2)21-12-11(16-18)10(20-14(12)22-15)8-19-13(17)9-6-4-3-5-7-9/h3-7,10-12,14H,8H2,1-2H3/t10-,11?,12?,14+/m1/s1. The highest BCUT2D eigenvalue weighted by atomic mass is 16.8. The van der Waals surface area contributed by atoms with Gasteiger partial charge in [0.25, 0.3) is 0 Å². The number of rotatable bonds is 4.